The Morgan fingerprint density at radius 2 is 1.83 bits per heavy atom. The molecule has 4 heterocycles. The van der Waals surface area contributed by atoms with Gasteiger partial charge in [0, 0.05) is 36.2 Å². The number of aliphatic hydroxyl groups excluding tert-OH is 2. The molecule has 0 spiro atoms. The van der Waals surface area contributed by atoms with Gasteiger partial charge in [-0.3, -0.25) is 9.36 Å². The lowest BCUT2D eigenvalue weighted by molar-refractivity contribution is -0.137. The second-order valence-electron chi connectivity index (χ2n) is 11.2. The Morgan fingerprint density at radius 3 is 2.67 bits per heavy atom. The van der Waals surface area contributed by atoms with Crippen molar-refractivity contribution in [2.75, 3.05) is 11.9 Å². The number of ether oxygens (including phenoxy) is 1. The highest BCUT2D eigenvalue weighted by molar-refractivity contribution is 5.85. The smallest absolute Gasteiger partial charge is 0.252 e. The van der Waals surface area contributed by atoms with E-state index in [0.717, 1.165) is 25.8 Å². The van der Waals surface area contributed by atoms with Crippen LogP contribution in [0.5, 0.6) is 0 Å². The molecule has 11 nitrogen and oxygen atoms in total. The summed E-state index contributed by atoms with van der Waals surface area (Å²) in [4.78, 5) is 25.8. The first kappa shape index (κ1) is 26.6. The SMILES string of the molecule is Cc1ccccc1Cn1cc(CCNc2ncnc3c2ncn3C2OC(C(=O)NC3CC3)C(O)C2O)c2ccccc21. The highest BCUT2D eigenvalue weighted by Crippen LogP contribution is 2.33. The first-order valence-corrected chi connectivity index (χ1v) is 14.3. The zero-order valence-corrected chi connectivity index (χ0v) is 23.2. The molecule has 3 aromatic heterocycles. The Labute approximate surface area is 242 Å². The number of aliphatic hydroxyl groups is 2. The molecule has 4 unspecified atom stereocenters. The summed E-state index contributed by atoms with van der Waals surface area (Å²) < 4.78 is 9.67. The average molecular weight is 568 g/mol. The van der Waals surface area contributed by atoms with Crippen LogP contribution in [0, 0.1) is 6.92 Å². The quantitative estimate of drug-likeness (QED) is 0.213. The molecule has 7 rings (SSSR count). The minimum atomic E-state index is -1.36. The molecule has 0 radical (unpaired) electrons. The number of rotatable bonds is 9. The van der Waals surface area contributed by atoms with E-state index in [1.54, 1.807) is 4.57 Å². The van der Waals surface area contributed by atoms with Crippen LogP contribution in [0.2, 0.25) is 0 Å². The van der Waals surface area contributed by atoms with E-state index in [0.29, 0.717) is 23.5 Å². The van der Waals surface area contributed by atoms with Gasteiger partial charge in [0.2, 0.25) is 0 Å². The molecule has 4 N–H and O–H groups in total. The Hall–Kier alpha value is -4.32. The normalized spacial score (nSPS) is 22.2. The second kappa shape index (κ2) is 10.8. The molecule has 0 bridgehead atoms. The number of aromatic nitrogens is 5. The molecule has 1 saturated carbocycles. The van der Waals surface area contributed by atoms with Gasteiger partial charge < -0.3 is 30.2 Å². The maximum atomic E-state index is 12.5. The van der Waals surface area contributed by atoms with Gasteiger partial charge in [0.25, 0.3) is 5.91 Å². The van der Waals surface area contributed by atoms with E-state index in [1.165, 1.54) is 40.2 Å². The molecule has 1 aliphatic heterocycles. The van der Waals surface area contributed by atoms with E-state index in [4.69, 9.17) is 4.74 Å². The summed E-state index contributed by atoms with van der Waals surface area (Å²) in [7, 11) is 0. The minimum absolute atomic E-state index is 0.115. The summed E-state index contributed by atoms with van der Waals surface area (Å²) in [6, 6.07) is 17.0. The van der Waals surface area contributed by atoms with Crippen LogP contribution in [0.4, 0.5) is 5.82 Å². The van der Waals surface area contributed by atoms with Crippen LogP contribution in [-0.4, -0.2) is 71.1 Å². The highest BCUT2D eigenvalue weighted by atomic mass is 16.6. The number of aryl methyl sites for hydroxylation is 1. The first-order chi connectivity index (χ1) is 20.5. The fraction of sp³-hybridized carbons (Fsp3) is 0.355. The molecular formula is C31H33N7O4. The fourth-order valence-corrected chi connectivity index (χ4v) is 5.72. The largest absolute Gasteiger partial charge is 0.387 e. The number of nitrogens with zero attached hydrogens (tertiary/aromatic N) is 5. The third-order valence-electron chi connectivity index (χ3n) is 8.21. The Balaban J connectivity index is 1.07. The average Bonchev–Trinajstić information content (AvgIpc) is 3.48. The molecule has 1 aliphatic carbocycles. The molecule has 42 heavy (non-hydrogen) atoms. The lowest BCUT2D eigenvalue weighted by Gasteiger charge is -2.16. The monoisotopic (exact) mass is 567 g/mol. The molecule has 2 fully saturated rings. The van der Waals surface area contributed by atoms with Gasteiger partial charge in [0.15, 0.2) is 29.3 Å². The lowest BCUT2D eigenvalue weighted by Crippen LogP contribution is -2.43. The van der Waals surface area contributed by atoms with Gasteiger partial charge in [-0.25, -0.2) is 15.0 Å². The van der Waals surface area contributed by atoms with E-state index in [-0.39, 0.29) is 6.04 Å². The molecule has 1 saturated heterocycles. The maximum absolute atomic E-state index is 12.5. The first-order valence-electron chi connectivity index (χ1n) is 14.3. The number of imidazole rings is 1. The third kappa shape index (κ3) is 4.89. The summed E-state index contributed by atoms with van der Waals surface area (Å²) >= 11 is 0. The van der Waals surface area contributed by atoms with Gasteiger partial charge in [0.05, 0.1) is 6.33 Å². The number of fused-ring (bicyclic) bond motifs is 2. The van der Waals surface area contributed by atoms with Crippen LogP contribution < -0.4 is 10.6 Å². The van der Waals surface area contributed by atoms with Crippen molar-refractivity contribution in [1.82, 2.24) is 29.4 Å². The Kier molecular flexibility index (Phi) is 6.85. The van der Waals surface area contributed by atoms with Crippen LogP contribution in [0.3, 0.4) is 0 Å². The zero-order chi connectivity index (χ0) is 28.8. The van der Waals surface area contributed by atoms with Crippen molar-refractivity contribution in [3.63, 3.8) is 0 Å². The minimum Gasteiger partial charge on any atom is -0.387 e. The number of hydrogen-bond acceptors (Lipinski definition) is 8. The zero-order valence-electron chi connectivity index (χ0n) is 23.2. The number of amides is 1. The number of anilines is 1. The third-order valence-corrected chi connectivity index (χ3v) is 8.21. The molecule has 11 heteroatoms. The van der Waals surface area contributed by atoms with E-state index in [1.807, 2.05) is 0 Å². The number of carbonyl (C=O) groups excluding carboxylic acids is 1. The van der Waals surface area contributed by atoms with E-state index in [2.05, 4.69) is 91.8 Å². The summed E-state index contributed by atoms with van der Waals surface area (Å²) in [5, 5.41) is 28.7. The van der Waals surface area contributed by atoms with Gasteiger partial charge in [-0.2, -0.15) is 0 Å². The summed E-state index contributed by atoms with van der Waals surface area (Å²) in [5.41, 5.74) is 5.93. The Morgan fingerprint density at radius 1 is 1.02 bits per heavy atom. The topological polar surface area (TPSA) is 139 Å². The predicted molar refractivity (Wildman–Crippen MR) is 157 cm³/mol. The number of carbonyl (C=O) groups is 1. The number of benzene rings is 2. The van der Waals surface area contributed by atoms with E-state index >= 15 is 0 Å². The van der Waals surface area contributed by atoms with Gasteiger partial charge in [-0.1, -0.05) is 42.5 Å². The molecule has 2 aliphatic rings. The molecule has 4 atom stereocenters. The predicted octanol–water partition coefficient (Wildman–Crippen LogP) is 2.69. The molecule has 5 aromatic rings. The van der Waals surface area contributed by atoms with Gasteiger partial charge in [-0.05, 0) is 48.9 Å². The lowest BCUT2D eigenvalue weighted by atomic mass is 10.1. The number of para-hydroxylation sites is 1. The van der Waals surface area contributed by atoms with Crippen LogP contribution in [0.25, 0.3) is 22.1 Å². The van der Waals surface area contributed by atoms with Crippen LogP contribution >= 0.6 is 0 Å². The Bertz CT molecular complexity index is 1760. The van der Waals surface area contributed by atoms with Crippen molar-refractivity contribution >= 4 is 33.8 Å². The van der Waals surface area contributed by atoms with Crippen molar-refractivity contribution in [1.29, 1.82) is 0 Å². The summed E-state index contributed by atoms with van der Waals surface area (Å²) in [6.45, 7) is 3.56. The van der Waals surface area contributed by atoms with Crippen molar-refractivity contribution < 1.29 is 19.7 Å². The van der Waals surface area contributed by atoms with E-state index in [9.17, 15) is 15.0 Å². The summed E-state index contributed by atoms with van der Waals surface area (Å²) in [6.07, 6.45) is 2.86. The van der Waals surface area contributed by atoms with Crippen LogP contribution in [0.15, 0.2) is 67.4 Å². The van der Waals surface area contributed by atoms with E-state index < -0.39 is 30.4 Å². The van der Waals surface area contributed by atoms with Crippen molar-refractivity contribution in [2.24, 2.45) is 0 Å². The van der Waals surface area contributed by atoms with Crippen LogP contribution in [0.1, 0.15) is 35.8 Å². The molecule has 1 amide bonds. The summed E-state index contributed by atoms with van der Waals surface area (Å²) in [5.74, 6) is 0.131. The molecule has 2 aromatic carbocycles. The maximum Gasteiger partial charge on any atom is 0.252 e. The second-order valence-corrected chi connectivity index (χ2v) is 11.2. The highest BCUT2D eigenvalue weighted by Gasteiger charge is 2.48. The van der Waals surface area contributed by atoms with Crippen molar-refractivity contribution in [3.05, 3.63) is 84.1 Å². The van der Waals surface area contributed by atoms with Gasteiger partial charge in [0.1, 0.15) is 18.5 Å². The fourth-order valence-electron chi connectivity index (χ4n) is 5.72. The number of hydrogen-bond donors (Lipinski definition) is 4. The standard InChI is InChI=1S/C31H33N7O4/c1-18-6-2-3-7-19(18)14-37-15-20(22-8-4-5-9-23(22)37)12-13-32-28-24-29(34-16-33-28)38(17-35-24)31-26(40)25(39)27(42-31)30(41)36-21-10-11-21/h2-9,15-17,21,25-27,31,39-40H,10-14H2,1H3,(H,36,41)(H,32,33,34). The number of nitrogens with one attached hydrogen (secondary N) is 2. The molecular weight excluding hydrogens is 534 g/mol. The molecule has 216 valence electrons. The van der Waals surface area contributed by atoms with Crippen molar-refractivity contribution in [2.45, 2.75) is 63.3 Å². The van der Waals surface area contributed by atoms with Crippen LogP contribution in [-0.2, 0) is 22.5 Å². The van der Waals surface area contributed by atoms with Gasteiger partial charge >= 0.3 is 0 Å². The van der Waals surface area contributed by atoms with Gasteiger partial charge in [-0.15, -0.1) is 0 Å². The van der Waals surface area contributed by atoms with Crippen molar-refractivity contribution in [3.8, 4) is 0 Å².